The average molecular weight is 449 g/mol. The number of rotatable bonds is 18. The van der Waals surface area contributed by atoms with Crippen LogP contribution in [0.4, 0.5) is 0 Å². The van der Waals surface area contributed by atoms with Crippen LogP contribution in [0.1, 0.15) is 136 Å². The van der Waals surface area contributed by atoms with Crippen molar-refractivity contribution in [1.82, 2.24) is 0 Å². The fourth-order valence-electron chi connectivity index (χ4n) is 2.68. The first-order chi connectivity index (χ1) is 13.2. The van der Waals surface area contributed by atoms with Crippen molar-refractivity contribution in [3.05, 3.63) is 0 Å². The molecule has 0 bridgehead atoms. The summed E-state index contributed by atoms with van der Waals surface area (Å²) in [7, 11) is 0. The fourth-order valence-corrected chi connectivity index (χ4v) is 2.68. The van der Waals surface area contributed by atoms with Crippen LogP contribution in [-0.4, -0.2) is 35.1 Å². The summed E-state index contributed by atoms with van der Waals surface area (Å²) in [6.45, 7) is 7.74. The van der Waals surface area contributed by atoms with E-state index in [1.165, 1.54) is 96.3 Å². The zero-order valence-electron chi connectivity index (χ0n) is 19.5. The van der Waals surface area contributed by atoms with E-state index in [1.807, 2.05) is 0 Å². The largest absolute Gasteiger partial charge is 0.396 e. The minimum atomic E-state index is 0. The van der Waals surface area contributed by atoms with Crippen LogP contribution >= 0.6 is 0 Å². The Bertz CT molecular complexity index is 153. The van der Waals surface area contributed by atoms with Gasteiger partial charge in [-0.05, 0) is 19.3 Å². The molecule has 178 valence electrons. The van der Waals surface area contributed by atoms with Crippen LogP contribution in [0.25, 0.3) is 0 Å². The molecule has 0 saturated heterocycles. The van der Waals surface area contributed by atoms with Crippen LogP contribution in [0.5, 0.6) is 0 Å². The third-order valence-electron chi connectivity index (χ3n) is 4.54. The maximum Gasteiger partial charge on any atom is 0.0431 e. The normalized spacial score (nSPS) is 9.64. The van der Waals surface area contributed by atoms with Gasteiger partial charge in [0.2, 0.25) is 0 Å². The number of aliphatic hydroxyl groups excluding tert-OH is 3. The third-order valence-corrected chi connectivity index (χ3v) is 4.54. The van der Waals surface area contributed by atoms with E-state index in [0.717, 1.165) is 19.3 Å². The summed E-state index contributed by atoms with van der Waals surface area (Å²) in [6.07, 6.45) is 22.5. The fraction of sp³-hybridized carbons (Fsp3) is 1.00. The molecule has 0 fully saturated rings. The molecule has 4 heteroatoms. The van der Waals surface area contributed by atoms with Gasteiger partial charge in [-0.1, -0.05) is 117 Å². The topological polar surface area (TPSA) is 60.7 Å². The summed E-state index contributed by atoms with van der Waals surface area (Å²) < 4.78 is 0. The summed E-state index contributed by atoms with van der Waals surface area (Å²) in [4.78, 5) is 0. The van der Waals surface area contributed by atoms with E-state index >= 15 is 0 Å². The van der Waals surface area contributed by atoms with Gasteiger partial charge in [-0.3, -0.25) is 0 Å². The molecule has 0 aliphatic carbocycles. The van der Waals surface area contributed by atoms with Gasteiger partial charge in [-0.2, -0.15) is 0 Å². The molecule has 28 heavy (non-hydrogen) atoms. The van der Waals surface area contributed by atoms with E-state index in [1.54, 1.807) is 0 Å². The average Bonchev–Trinajstić information content (AvgIpc) is 2.69. The number of hydrogen-bond donors (Lipinski definition) is 3. The van der Waals surface area contributed by atoms with Crippen LogP contribution < -0.4 is 0 Å². The molecule has 0 aliphatic heterocycles. The van der Waals surface area contributed by atoms with Gasteiger partial charge in [0.25, 0.3) is 0 Å². The Morgan fingerprint density at radius 3 is 0.679 bits per heavy atom. The van der Waals surface area contributed by atoms with Crippen LogP contribution in [0.2, 0.25) is 0 Å². The Labute approximate surface area is 188 Å². The van der Waals surface area contributed by atoms with Gasteiger partial charge < -0.3 is 15.3 Å². The molecule has 0 aromatic carbocycles. The summed E-state index contributed by atoms with van der Waals surface area (Å²) in [5, 5.41) is 25.3. The van der Waals surface area contributed by atoms with Crippen LogP contribution in [0.15, 0.2) is 0 Å². The predicted molar refractivity (Wildman–Crippen MR) is 121 cm³/mol. The Kier molecular flexibility index (Phi) is 53.3. The zero-order chi connectivity index (χ0) is 20.8. The predicted octanol–water partition coefficient (Wildman–Crippen LogP) is 7.02. The molecule has 0 heterocycles. The molecule has 0 aliphatic rings. The third kappa shape index (κ3) is 50.3. The van der Waals surface area contributed by atoms with Gasteiger partial charge in [-0.25, -0.2) is 0 Å². The van der Waals surface area contributed by atoms with Gasteiger partial charge in [0.05, 0.1) is 0 Å². The quantitative estimate of drug-likeness (QED) is 0.156. The van der Waals surface area contributed by atoms with Crippen LogP contribution in [0.3, 0.4) is 0 Å². The molecular formula is C24H54NiO3. The molecule has 0 amide bonds. The molecule has 0 spiro atoms. The standard InChI is InChI=1S/3C8H18O.Ni/c3*1-2-3-4-5-6-7-8-9;/h3*9H,2-8H2,1H3;. The van der Waals surface area contributed by atoms with Crippen molar-refractivity contribution in [2.24, 2.45) is 0 Å². The van der Waals surface area contributed by atoms with Crippen molar-refractivity contribution in [3.8, 4) is 0 Å². The summed E-state index contributed by atoms with van der Waals surface area (Å²) in [5.74, 6) is 0. The van der Waals surface area contributed by atoms with Crippen molar-refractivity contribution in [1.29, 1.82) is 0 Å². The maximum atomic E-state index is 8.42. The van der Waals surface area contributed by atoms with E-state index in [2.05, 4.69) is 20.8 Å². The smallest absolute Gasteiger partial charge is 0.0431 e. The van der Waals surface area contributed by atoms with E-state index in [9.17, 15) is 0 Å². The molecule has 0 rings (SSSR count). The van der Waals surface area contributed by atoms with E-state index in [0.29, 0.717) is 19.8 Å². The molecule has 0 radical (unpaired) electrons. The van der Waals surface area contributed by atoms with Crippen molar-refractivity contribution in [2.75, 3.05) is 19.8 Å². The number of hydrogen-bond acceptors (Lipinski definition) is 3. The summed E-state index contributed by atoms with van der Waals surface area (Å²) in [5.41, 5.74) is 0. The maximum absolute atomic E-state index is 8.42. The van der Waals surface area contributed by atoms with Gasteiger partial charge in [0, 0.05) is 36.3 Å². The van der Waals surface area contributed by atoms with E-state index in [4.69, 9.17) is 15.3 Å². The zero-order valence-corrected chi connectivity index (χ0v) is 20.5. The van der Waals surface area contributed by atoms with Gasteiger partial charge in [0.15, 0.2) is 0 Å². The van der Waals surface area contributed by atoms with Crippen molar-refractivity contribution >= 4 is 0 Å². The summed E-state index contributed by atoms with van der Waals surface area (Å²) >= 11 is 0. The molecule has 0 saturated carbocycles. The minimum Gasteiger partial charge on any atom is -0.396 e. The second kappa shape index (κ2) is 41.7. The molecule has 0 unspecified atom stereocenters. The number of unbranched alkanes of at least 4 members (excludes halogenated alkanes) is 15. The Balaban J connectivity index is -0.000000152. The first-order valence-corrected chi connectivity index (χ1v) is 12.1. The van der Waals surface area contributed by atoms with Gasteiger partial charge >= 0.3 is 0 Å². The van der Waals surface area contributed by atoms with Gasteiger partial charge in [-0.15, -0.1) is 0 Å². The van der Waals surface area contributed by atoms with E-state index < -0.39 is 0 Å². The minimum absolute atomic E-state index is 0. The first kappa shape index (κ1) is 35.8. The molecule has 3 N–H and O–H groups in total. The molecule has 0 atom stereocenters. The second-order valence-electron chi connectivity index (χ2n) is 7.47. The molecule has 0 aromatic rings. The molecule has 0 aromatic heterocycles. The molecular weight excluding hydrogens is 395 g/mol. The van der Waals surface area contributed by atoms with Crippen LogP contribution in [0, 0.1) is 0 Å². The van der Waals surface area contributed by atoms with Crippen LogP contribution in [-0.2, 0) is 16.5 Å². The Hall–Kier alpha value is 0.374. The SMILES string of the molecule is CCCCCCCCO.CCCCCCCCO.CCCCCCCCO.[Ni]. The van der Waals surface area contributed by atoms with Crippen molar-refractivity contribution < 1.29 is 31.8 Å². The Morgan fingerprint density at radius 1 is 0.321 bits per heavy atom. The van der Waals surface area contributed by atoms with Gasteiger partial charge in [0.1, 0.15) is 0 Å². The Morgan fingerprint density at radius 2 is 0.500 bits per heavy atom. The molecule has 3 nitrogen and oxygen atoms in total. The first-order valence-electron chi connectivity index (χ1n) is 12.1. The monoisotopic (exact) mass is 448 g/mol. The van der Waals surface area contributed by atoms with Crippen molar-refractivity contribution in [2.45, 2.75) is 136 Å². The van der Waals surface area contributed by atoms with E-state index in [-0.39, 0.29) is 16.5 Å². The number of aliphatic hydroxyl groups is 3. The van der Waals surface area contributed by atoms with Crippen molar-refractivity contribution in [3.63, 3.8) is 0 Å². The second-order valence-corrected chi connectivity index (χ2v) is 7.47. The summed E-state index contributed by atoms with van der Waals surface area (Å²) in [6, 6.07) is 0.